The van der Waals surface area contributed by atoms with Gasteiger partial charge in [0, 0.05) is 6.54 Å². The minimum absolute atomic E-state index is 0.626. The lowest BCUT2D eigenvalue weighted by Gasteiger charge is -2.39. The number of likely N-dealkylation sites (tertiary alicyclic amines) is 1. The summed E-state index contributed by atoms with van der Waals surface area (Å²) in [4.78, 5) is 14.4. The van der Waals surface area contributed by atoms with Gasteiger partial charge < -0.3 is 5.11 Å². The van der Waals surface area contributed by atoms with Gasteiger partial charge in [-0.15, -0.1) is 0 Å². The molecule has 0 saturated carbocycles. The molecule has 0 aromatic heterocycles. The average Bonchev–Trinajstić information content (AvgIpc) is 2.59. The molecule has 1 heterocycles. The second-order valence-corrected chi connectivity index (χ2v) is 6.95. The lowest BCUT2D eigenvalue weighted by Crippen LogP contribution is -2.45. The van der Waals surface area contributed by atoms with Crippen LogP contribution in [0.15, 0.2) is 54.6 Å². The molecule has 0 spiro atoms. The van der Waals surface area contributed by atoms with Crippen molar-refractivity contribution < 1.29 is 9.90 Å². The first-order valence-electron chi connectivity index (χ1n) is 8.63. The van der Waals surface area contributed by atoms with Gasteiger partial charge in [-0.2, -0.15) is 0 Å². The molecule has 3 rings (SSSR count). The van der Waals surface area contributed by atoms with Gasteiger partial charge in [0.05, 0.1) is 5.41 Å². The van der Waals surface area contributed by atoms with Crippen LogP contribution in [0.2, 0.25) is 0 Å². The first kappa shape index (κ1) is 16.7. The fourth-order valence-corrected chi connectivity index (χ4v) is 3.62. The maximum atomic E-state index is 12.0. The van der Waals surface area contributed by atoms with Crippen molar-refractivity contribution in [3.8, 4) is 0 Å². The number of carboxylic acid groups (broad SMARTS) is 1. The van der Waals surface area contributed by atoms with Crippen LogP contribution < -0.4 is 0 Å². The number of aryl methyl sites for hydroxylation is 1. The van der Waals surface area contributed by atoms with E-state index < -0.39 is 11.4 Å². The summed E-state index contributed by atoms with van der Waals surface area (Å²) in [5.41, 5.74) is 3.01. The molecule has 0 aliphatic carbocycles. The first-order valence-corrected chi connectivity index (χ1v) is 8.63. The Morgan fingerprint density at radius 3 is 2.29 bits per heavy atom. The Hall–Kier alpha value is -2.13. The lowest BCUT2D eigenvalue weighted by atomic mass is 9.73. The summed E-state index contributed by atoms with van der Waals surface area (Å²) in [6.45, 7) is 4.65. The van der Waals surface area contributed by atoms with E-state index in [-0.39, 0.29) is 0 Å². The van der Waals surface area contributed by atoms with Crippen LogP contribution in [0.3, 0.4) is 0 Å². The van der Waals surface area contributed by atoms with E-state index in [9.17, 15) is 9.90 Å². The Bertz CT molecular complexity index is 688. The number of hydrogen-bond acceptors (Lipinski definition) is 2. The number of aliphatic carboxylic acids is 1. The summed E-state index contributed by atoms with van der Waals surface area (Å²) in [5.74, 6) is -0.648. The van der Waals surface area contributed by atoms with Crippen LogP contribution in [-0.2, 0) is 17.8 Å². The SMILES string of the molecule is Cc1ccccc1CC1(C(=O)O)CCN(Cc2ccccc2)CC1. The van der Waals surface area contributed by atoms with Crippen molar-refractivity contribution in [2.75, 3.05) is 13.1 Å². The Labute approximate surface area is 143 Å². The Morgan fingerprint density at radius 1 is 1.04 bits per heavy atom. The van der Waals surface area contributed by atoms with E-state index in [1.165, 1.54) is 11.1 Å². The van der Waals surface area contributed by atoms with Crippen LogP contribution in [0.1, 0.15) is 29.5 Å². The fraction of sp³-hybridized carbons (Fsp3) is 0.381. The van der Waals surface area contributed by atoms with E-state index in [0.717, 1.165) is 25.2 Å². The Kier molecular flexibility index (Phi) is 5.00. The van der Waals surface area contributed by atoms with Crippen LogP contribution in [0.5, 0.6) is 0 Å². The predicted octanol–water partition coefficient (Wildman–Crippen LogP) is 3.90. The monoisotopic (exact) mass is 323 g/mol. The molecule has 0 bridgehead atoms. The molecule has 2 aromatic carbocycles. The van der Waals surface area contributed by atoms with Crippen molar-refractivity contribution in [2.45, 2.75) is 32.7 Å². The number of rotatable bonds is 5. The highest BCUT2D eigenvalue weighted by atomic mass is 16.4. The van der Waals surface area contributed by atoms with Crippen LogP contribution in [0, 0.1) is 12.3 Å². The average molecular weight is 323 g/mol. The molecule has 2 aromatic rings. The summed E-state index contributed by atoms with van der Waals surface area (Å²) >= 11 is 0. The molecule has 0 atom stereocenters. The number of nitrogens with zero attached hydrogens (tertiary/aromatic N) is 1. The van der Waals surface area contributed by atoms with E-state index >= 15 is 0 Å². The van der Waals surface area contributed by atoms with Crippen LogP contribution in [0.4, 0.5) is 0 Å². The third-order valence-corrected chi connectivity index (χ3v) is 5.31. The first-order chi connectivity index (χ1) is 11.6. The molecule has 0 unspecified atom stereocenters. The van der Waals surface area contributed by atoms with Gasteiger partial charge in [-0.25, -0.2) is 0 Å². The number of hydrogen-bond donors (Lipinski definition) is 1. The van der Waals surface area contributed by atoms with Crippen molar-refractivity contribution in [2.24, 2.45) is 5.41 Å². The van der Waals surface area contributed by atoms with Gasteiger partial charge in [0.25, 0.3) is 0 Å². The third-order valence-electron chi connectivity index (χ3n) is 5.31. The van der Waals surface area contributed by atoms with Crippen molar-refractivity contribution in [3.05, 3.63) is 71.3 Å². The molecule has 0 radical (unpaired) electrons. The minimum atomic E-state index is -0.648. The van der Waals surface area contributed by atoms with Crippen LogP contribution >= 0.6 is 0 Å². The van der Waals surface area contributed by atoms with Gasteiger partial charge in [0.2, 0.25) is 0 Å². The van der Waals surface area contributed by atoms with Crippen LogP contribution in [0.25, 0.3) is 0 Å². The summed E-state index contributed by atoms with van der Waals surface area (Å²) in [6.07, 6.45) is 2.06. The van der Waals surface area contributed by atoms with Crippen molar-refractivity contribution in [1.82, 2.24) is 4.90 Å². The summed E-state index contributed by atoms with van der Waals surface area (Å²) < 4.78 is 0. The summed E-state index contributed by atoms with van der Waals surface area (Å²) in [5, 5.41) is 9.90. The lowest BCUT2D eigenvalue weighted by molar-refractivity contribution is -0.152. The number of carboxylic acids is 1. The molecular formula is C21H25NO2. The standard InChI is InChI=1S/C21H25NO2/c1-17-7-5-6-10-19(17)15-21(20(23)24)11-13-22(14-12-21)16-18-8-3-2-4-9-18/h2-10H,11-16H2,1H3,(H,23,24). The molecule has 24 heavy (non-hydrogen) atoms. The Morgan fingerprint density at radius 2 is 1.67 bits per heavy atom. The van der Waals surface area contributed by atoms with Gasteiger partial charge in [-0.05, 0) is 56.0 Å². The quantitative estimate of drug-likeness (QED) is 0.907. The highest BCUT2D eigenvalue weighted by Gasteiger charge is 2.41. The van der Waals surface area contributed by atoms with E-state index in [1.54, 1.807) is 0 Å². The molecule has 3 nitrogen and oxygen atoms in total. The van der Waals surface area contributed by atoms with Gasteiger partial charge in [-0.1, -0.05) is 54.6 Å². The molecule has 126 valence electrons. The third kappa shape index (κ3) is 3.68. The highest BCUT2D eigenvalue weighted by Crippen LogP contribution is 2.36. The molecule has 1 N–H and O–H groups in total. The number of piperidine rings is 1. The number of benzene rings is 2. The summed E-state index contributed by atoms with van der Waals surface area (Å²) in [7, 11) is 0. The number of carbonyl (C=O) groups is 1. The smallest absolute Gasteiger partial charge is 0.310 e. The zero-order valence-electron chi connectivity index (χ0n) is 14.2. The van der Waals surface area contributed by atoms with Crippen molar-refractivity contribution >= 4 is 5.97 Å². The van der Waals surface area contributed by atoms with Gasteiger partial charge in [-0.3, -0.25) is 9.69 Å². The molecule has 1 aliphatic heterocycles. The molecule has 0 amide bonds. The van der Waals surface area contributed by atoms with Gasteiger partial charge in [0.1, 0.15) is 0 Å². The minimum Gasteiger partial charge on any atom is -0.481 e. The molecular weight excluding hydrogens is 298 g/mol. The normalized spacial score (nSPS) is 17.5. The maximum Gasteiger partial charge on any atom is 0.310 e. The second kappa shape index (κ2) is 7.18. The van der Waals surface area contributed by atoms with E-state index in [2.05, 4.69) is 48.2 Å². The van der Waals surface area contributed by atoms with E-state index in [4.69, 9.17) is 0 Å². The van der Waals surface area contributed by atoms with E-state index in [0.29, 0.717) is 19.3 Å². The fourth-order valence-electron chi connectivity index (χ4n) is 3.62. The molecule has 1 saturated heterocycles. The highest BCUT2D eigenvalue weighted by molar-refractivity contribution is 5.75. The molecule has 1 fully saturated rings. The predicted molar refractivity (Wildman–Crippen MR) is 95.9 cm³/mol. The van der Waals surface area contributed by atoms with Crippen molar-refractivity contribution in [1.29, 1.82) is 0 Å². The van der Waals surface area contributed by atoms with Gasteiger partial charge in [0.15, 0.2) is 0 Å². The zero-order valence-corrected chi connectivity index (χ0v) is 14.2. The van der Waals surface area contributed by atoms with Crippen LogP contribution in [-0.4, -0.2) is 29.1 Å². The molecule has 1 aliphatic rings. The second-order valence-electron chi connectivity index (χ2n) is 6.95. The van der Waals surface area contributed by atoms with E-state index in [1.807, 2.05) is 18.2 Å². The largest absolute Gasteiger partial charge is 0.481 e. The van der Waals surface area contributed by atoms with Gasteiger partial charge >= 0.3 is 5.97 Å². The zero-order chi connectivity index (χ0) is 17.0. The van der Waals surface area contributed by atoms with Crippen molar-refractivity contribution in [3.63, 3.8) is 0 Å². The maximum absolute atomic E-state index is 12.0. The Balaban J connectivity index is 1.68. The topological polar surface area (TPSA) is 40.5 Å². The molecule has 3 heteroatoms. The summed E-state index contributed by atoms with van der Waals surface area (Å²) in [6, 6.07) is 18.5.